The van der Waals surface area contributed by atoms with E-state index < -0.39 is 5.97 Å². The van der Waals surface area contributed by atoms with Crippen LogP contribution in [0.25, 0.3) is 0 Å². The molecule has 0 bridgehead atoms. The number of nitrogens with zero attached hydrogens (tertiary/aromatic N) is 1. The molecule has 0 radical (unpaired) electrons. The van der Waals surface area contributed by atoms with Gasteiger partial charge in [0.05, 0.1) is 5.56 Å². The van der Waals surface area contributed by atoms with Crippen LogP contribution in [0.4, 0.5) is 10.1 Å². The zero-order valence-corrected chi connectivity index (χ0v) is 13.8. The van der Waals surface area contributed by atoms with Gasteiger partial charge in [-0.15, -0.1) is 0 Å². The van der Waals surface area contributed by atoms with Crippen molar-refractivity contribution < 1.29 is 13.9 Å². The first-order valence-electron chi connectivity index (χ1n) is 7.29. The van der Waals surface area contributed by atoms with E-state index in [4.69, 9.17) is 17.0 Å². The zero-order valence-electron chi connectivity index (χ0n) is 13.0. The standard InChI is InChI=1S/C18H18FNO2S/c1-13(2)20(16-10-8-15(19)9-11-16)17(23)12-22-18(21)14-6-4-3-5-7-14/h3-11,13H,12H2,1-2H3. The molecular weight excluding hydrogens is 313 g/mol. The van der Waals surface area contributed by atoms with Crippen molar-refractivity contribution in [2.75, 3.05) is 11.5 Å². The number of hydrogen-bond donors (Lipinski definition) is 0. The number of halogens is 1. The van der Waals surface area contributed by atoms with Gasteiger partial charge in [-0.1, -0.05) is 30.4 Å². The summed E-state index contributed by atoms with van der Waals surface area (Å²) in [5.41, 5.74) is 1.25. The highest BCUT2D eigenvalue weighted by Gasteiger charge is 2.17. The van der Waals surface area contributed by atoms with Crippen LogP contribution < -0.4 is 4.90 Å². The van der Waals surface area contributed by atoms with E-state index in [1.807, 2.05) is 24.8 Å². The lowest BCUT2D eigenvalue weighted by Crippen LogP contribution is -2.38. The van der Waals surface area contributed by atoms with Crippen LogP contribution in [-0.2, 0) is 4.74 Å². The molecule has 0 spiro atoms. The molecule has 2 rings (SSSR count). The van der Waals surface area contributed by atoms with E-state index in [9.17, 15) is 9.18 Å². The van der Waals surface area contributed by atoms with Crippen molar-refractivity contribution in [1.29, 1.82) is 0 Å². The summed E-state index contributed by atoms with van der Waals surface area (Å²) in [6.07, 6.45) is 0. The summed E-state index contributed by atoms with van der Waals surface area (Å²) in [6, 6.07) is 14.9. The molecule has 23 heavy (non-hydrogen) atoms. The molecule has 0 amide bonds. The molecule has 3 nitrogen and oxygen atoms in total. The fraction of sp³-hybridized carbons (Fsp3) is 0.222. The molecular formula is C18H18FNO2S. The van der Waals surface area contributed by atoms with E-state index in [0.717, 1.165) is 5.69 Å². The summed E-state index contributed by atoms with van der Waals surface area (Å²) in [4.78, 5) is 14.3. The zero-order chi connectivity index (χ0) is 16.8. The SMILES string of the molecule is CC(C)N(C(=S)COC(=O)c1ccccc1)c1ccc(F)cc1. The molecule has 0 N–H and O–H groups in total. The first kappa shape index (κ1) is 17.1. The fourth-order valence-electron chi connectivity index (χ4n) is 2.19. The predicted molar refractivity (Wildman–Crippen MR) is 93.3 cm³/mol. The number of thiocarbonyl (C=S) groups is 1. The van der Waals surface area contributed by atoms with Crippen molar-refractivity contribution >= 4 is 28.9 Å². The van der Waals surface area contributed by atoms with Crippen molar-refractivity contribution in [3.8, 4) is 0 Å². The van der Waals surface area contributed by atoms with Crippen LogP contribution in [0.5, 0.6) is 0 Å². The van der Waals surface area contributed by atoms with Gasteiger partial charge < -0.3 is 9.64 Å². The third-order valence-electron chi connectivity index (χ3n) is 3.23. The Labute approximate surface area is 140 Å². The number of esters is 1. The van der Waals surface area contributed by atoms with Gasteiger partial charge in [0.1, 0.15) is 17.4 Å². The molecule has 0 aliphatic carbocycles. The molecule has 2 aromatic carbocycles. The van der Waals surface area contributed by atoms with E-state index in [-0.39, 0.29) is 18.5 Å². The summed E-state index contributed by atoms with van der Waals surface area (Å²) in [7, 11) is 0. The predicted octanol–water partition coefficient (Wildman–Crippen LogP) is 4.22. The fourth-order valence-corrected chi connectivity index (χ4v) is 2.56. The topological polar surface area (TPSA) is 29.5 Å². The number of hydrogen-bond acceptors (Lipinski definition) is 3. The number of anilines is 1. The van der Waals surface area contributed by atoms with Gasteiger partial charge in [0, 0.05) is 11.7 Å². The molecule has 0 heterocycles. The van der Waals surface area contributed by atoms with Gasteiger partial charge in [0.2, 0.25) is 0 Å². The summed E-state index contributed by atoms with van der Waals surface area (Å²) in [5, 5.41) is 0. The Hall–Kier alpha value is -2.27. The minimum atomic E-state index is -0.421. The van der Waals surface area contributed by atoms with Crippen molar-refractivity contribution in [2.24, 2.45) is 0 Å². The van der Waals surface area contributed by atoms with Gasteiger partial charge in [-0.05, 0) is 50.2 Å². The first-order valence-corrected chi connectivity index (χ1v) is 7.69. The van der Waals surface area contributed by atoms with Gasteiger partial charge in [-0.2, -0.15) is 0 Å². The molecule has 0 fully saturated rings. The lowest BCUT2D eigenvalue weighted by atomic mass is 10.2. The van der Waals surface area contributed by atoms with Crippen LogP contribution in [0.2, 0.25) is 0 Å². The number of carbonyl (C=O) groups excluding carboxylic acids is 1. The molecule has 0 atom stereocenters. The maximum absolute atomic E-state index is 13.1. The summed E-state index contributed by atoms with van der Waals surface area (Å²) in [6.45, 7) is 3.93. The molecule has 5 heteroatoms. The minimum absolute atomic E-state index is 0.00137. The highest BCUT2D eigenvalue weighted by Crippen LogP contribution is 2.19. The maximum atomic E-state index is 13.1. The molecule has 0 saturated heterocycles. The monoisotopic (exact) mass is 331 g/mol. The maximum Gasteiger partial charge on any atom is 0.338 e. The lowest BCUT2D eigenvalue weighted by Gasteiger charge is -2.29. The molecule has 0 saturated carbocycles. The van der Waals surface area contributed by atoms with Gasteiger partial charge in [-0.3, -0.25) is 0 Å². The molecule has 0 unspecified atom stereocenters. The van der Waals surface area contributed by atoms with Crippen LogP contribution >= 0.6 is 12.2 Å². The Morgan fingerprint density at radius 1 is 1.13 bits per heavy atom. The van der Waals surface area contributed by atoms with Crippen molar-refractivity contribution in [2.45, 2.75) is 19.9 Å². The van der Waals surface area contributed by atoms with E-state index in [2.05, 4.69) is 0 Å². The van der Waals surface area contributed by atoms with Crippen molar-refractivity contribution in [3.05, 3.63) is 66.0 Å². The molecule has 2 aromatic rings. The molecule has 0 aromatic heterocycles. The Bertz CT molecular complexity index is 671. The quantitative estimate of drug-likeness (QED) is 0.606. The van der Waals surface area contributed by atoms with Gasteiger partial charge in [0.15, 0.2) is 0 Å². The second-order valence-corrected chi connectivity index (χ2v) is 5.75. The highest BCUT2D eigenvalue weighted by atomic mass is 32.1. The largest absolute Gasteiger partial charge is 0.455 e. The Morgan fingerprint density at radius 2 is 1.74 bits per heavy atom. The van der Waals surface area contributed by atoms with Crippen LogP contribution in [0.15, 0.2) is 54.6 Å². The van der Waals surface area contributed by atoms with Crippen LogP contribution in [-0.4, -0.2) is 23.6 Å². The average Bonchev–Trinajstić information content (AvgIpc) is 2.55. The van der Waals surface area contributed by atoms with E-state index in [0.29, 0.717) is 10.6 Å². The van der Waals surface area contributed by atoms with E-state index in [1.54, 1.807) is 36.4 Å². The highest BCUT2D eigenvalue weighted by molar-refractivity contribution is 7.80. The van der Waals surface area contributed by atoms with Crippen LogP contribution in [0.1, 0.15) is 24.2 Å². The van der Waals surface area contributed by atoms with E-state index in [1.165, 1.54) is 12.1 Å². The Morgan fingerprint density at radius 3 is 2.30 bits per heavy atom. The molecule has 0 aliphatic heterocycles. The van der Waals surface area contributed by atoms with E-state index >= 15 is 0 Å². The Kier molecular flexibility index (Phi) is 5.82. The third kappa shape index (κ3) is 4.60. The second-order valence-electron chi connectivity index (χ2n) is 5.28. The number of ether oxygens (including phenoxy) is 1. The summed E-state index contributed by atoms with van der Waals surface area (Å²) >= 11 is 5.39. The third-order valence-corrected chi connectivity index (χ3v) is 3.54. The van der Waals surface area contributed by atoms with Crippen LogP contribution in [0, 0.1) is 5.82 Å². The number of rotatable bonds is 5. The number of carbonyl (C=O) groups is 1. The van der Waals surface area contributed by atoms with Crippen LogP contribution in [0.3, 0.4) is 0 Å². The van der Waals surface area contributed by atoms with Crippen molar-refractivity contribution in [1.82, 2.24) is 0 Å². The van der Waals surface area contributed by atoms with Gasteiger partial charge >= 0.3 is 5.97 Å². The molecule has 0 aliphatic rings. The lowest BCUT2D eigenvalue weighted by molar-refractivity contribution is 0.0564. The first-order chi connectivity index (χ1) is 11.0. The average molecular weight is 331 g/mol. The summed E-state index contributed by atoms with van der Waals surface area (Å²) < 4.78 is 18.3. The minimum Gasteiger partial charge on any atom is -0.455 e. The van der Waals surface area contributed by atoms with Gasteiger partial charge in [0.25, 0.3) is 0 Å². The number of benzene rings is 2. The van der Waals surface area contributed by atoms with Crippen molar-refractivity contribution in [3.63, 3.8) is 0 Å². The summed E-state index contributed by atoms with van der Waals surface area (Å²) in [5.74, 6) is -0.727. The smallest absolute Gasteiger partial charge is 0.338 e. The second kappa shape index (κ2) is 7.83. The van der Waals surface area contributed by atoms with Gasteiger partial charge in [-0.25, -0.2) is 9.18 Å². The Balaban J connectivity index is 2.04. The molecule has 120 valence electrons. The normalized spacial score (nSPS) is 10.4.